The van der Waals surface area contributed by atoms with Crippen molar-refractivity contribution in [1.29, 1.82) is 0 Å². The second-order valence-corrected chi connectivity index (χ2v) is 5.06. The van der Waals surface area contributed by atoms with E-state index >= 15 is 0 Å². The number of hydrogen-bond donors (Lipinski definition) is 1. The number of nitrogens with one attached hydrogen (secondary N) is 1. The van der Waals surface area contributed by atoms with Crippen molar-refractivity contribution in [3.63, 3.8) is 0 Å². The number of thiazole rings is 1. The standard InChI is InChI=1S/C14H12N4S.C2H6/c1-10-4-11(13-7-16-9-19-13)6-12(5-10)18-14-8-15-2-3-17-14;1-2/h2-9H,1H3,(H,17,18);1-2H3. The zero-order valence-corrected chi connectivity index (χ0v) is 13.2. The second-order valence-electron chi connectivity index (χ2n) is 4.17. The Bertz CT molecular complexity index is 666. The summed E-state index contributed by atoms with van der Waals surface area (Å²) in [7, 11) is 0. The maximum absolute atomic E-state index is 4.21. The lowest BCUT2D eigenvalue weighted by molar-refractivity contribution is 1.20. The molecule has 0 atom stereocenters. The molecule has 1 N–H and O–H groups in total. The summed E-state index contributed by atoms with van der Waals surface area (Å²) < 4.78 is 0. The largest absolute Gasteiger partial charge is 0.339 e. The smallest absolute Gasteiger partial charge is 0.148 e. The van der Waals surface area contributed by atoms with Crippen LogP contribution < -0.4 is 5.32 Å². The molecule has 0 saturated heterocycles. The second kappa shape index (κ2) is 7.50. The molecule has 2 aromatic heterocycles. The van der Waals surface area contributed by atoms with E-state index in [0.717, 1.165) is 21.9 Å². The summed E-state index contributed by atoms with van der Waals surface area (Å²) in [5.41, 5.74) is 5.20. The van der Waals surface area contributed by atoms with Crippen molar-refractivity contribution in [2.75, 3.05) is 5.32 Å². The minimum absolute atomic E-state index is 0.739. The Hall–Kier alpha value is -2.27. The molecule has 5 heteroatoms. The highest BCUT2D eigenvalue weighted by Gasteiger charge is 2.04. The van der Waals surface area contributed by atoms with Gasteiger partial charge >= 0.3 is 0 Å². The number of nitrogens with zero attached hydrogens (tertiary/aromatic N) is 3. The molecule has 0 aliphatic rings. The van der Waals surface area contributed by atoms with Crippen molar-refractivity contribution in [2.24, 2.45) is 0 Å². The Labute approximate surface area is 128 Å². The van der Waals surface area contributed by atoms with Crippen LogP contribution in [0.3, 0.4) is 0 Å². The highest BCUT2D eigenvalue weighted by molar-refractivity contribution is 7.13. The zero-order valence-electron chi connectivity index (χ0n) is 12.4. The molecule has 4 nitrogen and oxygen atoms in total. The molecule has 3 rings (SSSR count). The molecule has 0 unspecified atom stereocenters. The molecule has 108 valence electrons. The van der Waals surface area contributed by atoms with Gasteiger partial charge in [0.25, 0.3) is 0 Å². The highest BCUT2D eigenvalue weighted by Crippen LogP contribution is 2.28. The van der Waals surface area contributed by atoms with Crippen LogP contribution in [0.4, 0.5) is 11.5 Å². The van der Waals surface area contributed by atoms with Gasteiger partial charge in [-0.1, -0.05) is 19.9 Å². The number of anilines is 2. The number of rotatable bonds is 3. The molecule has 21 heavy (non-hydrogen) atoms. The third kappa shape index (κ3) is 4.10. The van der Waals surface area contributed by atoms with E-state index in [1.807, 2.05) is 25.6 Å². The molecule has 0 radical (unpaired) electrons. The molecular formula is C16H18N4S. The first kappa shape index (κ1) is 15.1. The Balaban J connectivity index is 0.000000774. The number of aryl methyl sites for hydroxylation is 1. The van der Waals surface area contributed by atoms with Crippen molar-refractivity contribution in [3.05, 3.63) is 54.1 Å². The van der Waals surface area contributed by atoms with Crippen LogP contribution in [0.1, 0.15) is 19.4 Å². The SMILES string of the molecule is CC.Cc1cc(Nc2cnccn2)cc(-c2cncs2)c1. The maximum Gasteiger partial charge on any atom is 0.148 e. The molecule has 3 aromatic rings. The summed E-state index contributed by atoms with van der Waals surface area (Å²) in [6.07, 6.45) is 6.91. The summed E-state index contributed by atoms with van der Waals surface area (Å²) in [4.78, 5) is 13.5. The summed E-state index contributed by atoms with van der Waals surface area (Å²) in [6.45, 7) is 6.08. The Morgan fingerprint density at radius 1 is 1.00 bits per heavy atom. The first-order valence-corrected chi connectivity index (χ1v) is 7.73. The number of benzene rings is 1. The predicted molar refractivity (Wildman–Crippen MR) is 88.9 cm³/mol. The van der Waals surface area contributed by atoms with Gasteiger partial charge in [0.1, 0.15) is 5.82 Å². The summed E-state index contributed by atoms with van der Waals surface area (Å²) in [6, 6.07) is 6.32. The van der Waals surface area contributed by atoms with Crippen molar-refractivity contribution in [3.8, 4) is 10.4 Å². The molecule has 0 fully saturated rings. The van der Waals surface area contributed by atoms with Gasteiger partial charge in [0.05, 0.1) is 16.6 Å². The lowest BCUT2D eigenvalue weighted by atomic mass is 10.1. The molecule has 0 aliphatic carbocycles. The van der Waals surface area contributed by atoms with E-state index in [4.69, 9.17) is 0 Å². The first-order valence-electron chi connectivity index (χ1n) is 6.85. The van der Waals surface area contributed by atoms with Gasteiger partial charge in [0.15, 0.2) is 0 Å². The summed E-state index contributed by atoms with van der Waals surface area (Å²) in [5.74, 6) is 0.739. The highest BCUT2D eigenvalue weighted by atomic mass is 32.1. The number of hydrogen-bond acceptors (Lipinski definition) is 5. The first-order chi connectivity index (χ1) is 10.3. The molecule has 0 saturated carbocycles. The minimum Gasteiger partial charge on any atom is -0.339 e. The van der Waals surface area contributed by atoms with E-state index in [1.54, 1.807) is 29.9 Å². The van der Waals surface area contributed by atoms with Crippen LogP contribution in [0.2, 0.25) is 0 Å². The van der Waals surface area contributed by atoms with E-state index in [0.29, 0.717) is 0 Å². The van der Waals surface area contributed by atoms with Crippen LogP contribution in [-0.4, -0.2) is 15.0 Å². The fourth-order valence-corrected chi connectivity index (χ4v) is 2.48. The fourth-order valence-electron chi connectivity index (χ4n) is 1.87. The van der Waals surface area contributed by atoms with Gasteiger partial charge in [-0.05, 0) is 30.2 Å². The monoisotopic (exact) mass is 298 g/mol. The van der Waals surface area contributed by atoms with Crippen LogP contribution in [0, 0.1) is 6.92 Å². The van der Waals surface area contributed by atoms with Crippen molar-refractivity contribution in [1.82, 2.24) is 15.0 Å². The average Bonchev–Trinajstić information content (AvgIpc) is 3.04. The summed E-state index contributed by atoms with van der Waals surface area (Å²) in [5, 5.41) is 3.26. The maximum atomic E-state index is 4.21. The van der Waals surface area contributed by atoms with E-state index in [1.165, 1.54) is 5.56 Å². The lowest BCUT2D eigenvalue weighted by Gasteiger charge is -2.08. The zero-order chi connectivity index (χ0) is 15.1. The molecule has 1 aromatic carbocycles. The molecule has 2 heterocycles. The van der Waals surface area contributed by atoms with E-state index < -0.39 is 0 Å². The van der Waals surface area contributed by atoms with Gasteiger partial charge < -0.3 is 5.32 Å². The molecule has 0 amide bonds. The van der Waals surface area contributed by atoms with Crippen molar-refractivity contribution >= 4 is 22.8 Å². The normalized spacial score (nSPS) is 9.67. The van der Waals surface area contributed by atoms with Crippen molar-refractivity contribution < 1.29 is 0 Å². The van der Waals surface area contributed by atoms with Gasteiger partial charge in [-0.15, -0.1) is 11.3 Å². The van der Waals surface area contributed by atoms with Crippen LogP contribution >= 0.6 is 11.3 Å². The topological polar surface area (TPSA) is 50.7 Å². The average molecular weight is 298 g/mol. The quantitative estimate of drug-likeness (QED) is 0.763. The van der Waals surface area contributed by atoms with Gasteiger partial charge in [0, 0.05) is 24.3 Å². The Morgan fingerprint density at radius 2 is 1.86 bits per heavy atom. The fraction of sp³-hybridized carbons (Fsp3) is 0.188. The van der Waals surface area contributed by atoms with Crippen LogP contribution in [-0.2, 0) is 0 Å². The van der Waals surface area contributed by atoms with E-state index in [9.17, 15) is 0 Å². The Morgan fingerprint density at radius 3 is 2.52 bits per heavy atom. The summed E-state index contributed by atoms with van der Waals surface area (Å²) >= 11 is 1.63. The van der Waals surface area contributed by atoms with Crippen molar-refractivity contribution in [2.45, 2.75) is 20.8 Å². The molecule has 0 aliphatic heterocycles. The van der Waals surface area contributed by atoms with Gasteiger partial charge in [0.2, 0.25) is 0 Å². The van der Waals surface area contributed by atoms with E-state index in [-0.39, 0.29) is 0 Å². The molecular weight excluding hydrogens is 280 g/mol. The Kier molecular flexibility index (Phi) is 5.40. The van der Waals surface area contributed by atoms with Gasteiger partial charge in [-0.2, -0.15) is 0 Å². The third-order valence-corrected chi connectivity index (χ3v) is 3.45. The van der Waals surface area contributed by atoms with E-state index in [2.05, 4.69) is 45.4 Å². The van der Waals surface area contributed by atoms with Crippen LogP contribution in [0.5, 0.6) is 0 Å². The van der Waals surface area contributed by atoms with Gasteiger partial charge in [-0.3, -0.25) is 9.97 Å². The molecule has 0 bridgehead atoms. The number of aromatic nitrogens is 3. The van der Waals surface area contributed by atoms with Crippen LogP contribution in [0.15, 0.2) is 48.5 Å². The predicted octanol–water partition coefficient (Wildman–Crippen LogP) is 4.68. The molecule has 0 spiro atoms. The third-order valence-electron chi connectivity index (χ3n) is 2.63. The lowest BCUT2D eigenvalue weighted by Crippen LogP contribution is -1.94. The minimum atomic E-state index is 0.739. The van der Waals surface area contributed by atoms with Crippen LogP contribution in [0.25, 0.3) is 10.4 Å². The van der Waals surface area contributed by atoms with Gasteiger partial charge in [-0.25, -0.2) is 4.98 Å².